The number of hydrogen-bond donors (Lipinski definition) is 1. The zero-order chi connectivity index (χ0) is 26.2. The van der Waals surface area contributed by atoms with Crippen LogP contribution in [-0.4, -0.2) is 19.6 Å². The van der Waals surface area contributed by atoms with Gasteiger partial charge in [0.25, 0.3) is 0 Å². The van der Waals surface area contributed by atoms with E-state index in [1.165, 1.54) is 0 Å². The van der Waals surface area contributed by atoms with Crippen molar-refractivity contribution in [3.8, 4) is 33.8 Å². The van der Waals surface area contributed by atoms with Gasteiger partial charge >= 0.3 is 0 Å². The molecule has 3 aromatic heterocycles. The van der Waals surface area contributed by atoms with Gasteiger partial charge in [-0.3, -0.25) is 9.55 Å². The van der Waals surface area contributed by atoms with Crippen molar-refractivity contribution in [2.75, 3.05) is 0 Å². The molecule has 1 N–H and O–H groups in total. The number of rotatable bonds is 5. The van der Waals surface area contributed by atoms with Crippen molar-refractivity contribution in [3.63, 3.8) is 0 Å². The van der Waals surface area contributed by atoms with Gasteiger partial charge in [-0.2, -0.15) is 0 Å². The summed E-state index contributed by atoms with van der Waals surface area (Å²) in [5.41, 5.74) is 6.50. The monoisotopic (exact) mass is 715 g/mol. The number of phenolic OH excluding ortho intramolecular Hbond substituents is 1. The fourth-order valence-corrected chi connectivity index (χ4v) is 5.76. The van der Waals surface area contributed by atoms with Crippen LogP contribution in [0.4, 0.5) is 0 Å². The van der Waals surface area contributed by atoms with E-state index in [0.29, 0.717) is 5.69 Å². The summed E-state index contributed by atoms with van der Waals surface area (Å²) < 4.78 is 2.03. The summed E-state index contributed by atoms with van der Waals surface area (Å²) in [7, 11) is 0. The molecular weight excluding hydrogens is 694 g/mol. The molecule has 4 nitrogen and oxygen atoms in total. The molecule has 4 aromatic carbocycles. The van der Waals surface area contributed by atoms with E-state index in [4.69, 9.17) is 4.98 Å². The molecule has 6 heteroatoms. The Morgan fingerprint density at radius 3 is 2.38 bits per heavy atom. The normalized spacial score (nSPS) is 11.0. The third kappa shape index (κ3) is 4.83. The van der Waals surface area contributed by atoms with Crippen LogP contribution in [0.3, 0.4) is 0 Å². The molecule has 0 amide bonds. The number of phenols is 1. The van der Waals surface area contributed by atoms with Crippen molar-refractivity contribution in [3.05, 3.63) is 134 Å². The molecule has 0 saturated heterocycles. The Morgan fingerprint density at radius 1 is 0.700 bits per heavy atom. The second-order valence-corrected chi connectivity index (χ2v) is 10.3. The summed E-state index contributed by atoms with van der Waals surface area (Å²) in [5, 5.41) is 13.7. The van der Waals surface area contributed by atoms with Crippen LogP contribution in [0.15, 0.2) is 137 Å². The molecule has 0 saturated carbocycles. The molecule has 0 radical (unpaired) electrons. The van der Waals surface area contributed by atoms with Crippen LogP contribution in [-0.2, 0) is 21.1 Å². The maximum Gasteiger partial charge on any atom is 0.139 e. The van der Waals surface area contributed by atoms with Crippen LogP contribution in [0.1, 0.15) is 0 Å². The van der Waals surface area contributed by atoms with Crippen molar-refractivity contribution >= 4 is 33.7 Å². The fraction of sp³-hybridized carbons (Fsp3) is 0. The Labute approximate surface area is 250 Å². The molecular formula is C34H22N3OPtS-. The number of benzene rings is 4. The topological polar surface area (TPSA) is 50.9 Å². The average molecular weight is 716 g/mol. The molecule has 0 spiro atoms. The Bertz CT molecular complexity index is 1970. The molecule has 0 fully saturated rings. The van der Waals surface area contributed by atoms with Crippen molar-refractivity contribution in [2.45, 2.75) is 9.92 Å². The van der Waals surface area contributed by atoms with Crippen LogP contribution >= 0.6 is 11.8 Å². The zero-order valence-electron chi connectivity index (χ0n) is 21.1. The van der Waals surface area contributed by atoms with Crippen LogP contribution in [0.5, 0.6) is 5.75 Å². The van der Waals surface area contributed by atoms with Crippen LogP contribution in [0.2, 0.25) is 0 Å². The second-order valence-electron chi connectivity index (χ2n) is 9.19. The molecule has 0 unspecified atom stereocenters. The van der Waals surface area contributed by atoms with E-state index in [9.17, 15) is 5.11 Å². The first-order chi connectivity index (χ1) is 19.2. The van der Waals surface area contributed by atoms with E-state index in [2.05, 4.69) is 47.4 Å². The van der Waals surface area contributed by atoms with Gasteiger partial charge in [-0.15, -0.1) is 29.8 Å². The first kappa shape index (κ1) is 26.1. The third-order valence-electron chi connectivity index (χ3n) is 6.75. The maximum atomic E-state index is 10.7. The minimum Gasteiger partial charge on any atom is -0.506 e. The standard InChI is InChI=1S/C34H22N3OS.Pt/c38-32-16-7-6-15-31(32)37-30-14-5-4-13-27(30)28-17-18-29(36-34(28)37)25-11-8-12-26(21-25)39-33-22-24(19-20-35-33)23-9-2-1-3-10-23;/h1-20,22,38H;/q-1;. The van der Waals surface area contributed by atoms with E-state index < -0.39 is 0 Å². The van der Waals surface area contributed by atoms with E-state index in [1.807, 2.05) is 89.6 Å². The summed E-state index contributed by atoms with van der Waals surface area (Å²) in [6.07, 6.45) is 1.85. The first-order valence-electron chi connectivity index (χ1n) is 12.7. The predicted octanol–water partition coefficient (Wildman–Crippen LogP) is 8.56. The Kier molecular flexibility index (Phi) is 7.25. The second kappa shape index (κ2) is 11.1. The number of nitrogens with zero attached hydrogens (tertiary/aromatic N) is 3. The first-order valence-corrected chi connectivity index (χ1v) is 13.5. The molecule has 7 rings (SSSR count). The number of aromatic hydroxyl groups is 1. The van der Waals surface area contributed by atoms with Gasteiger partial charge in [0.05, 0.1) is 16.2 Å². The largest absolute Gasteiger partial charge is 0.506 e. The van der Waals surface area contributed by atoms with Gasteiger partial charge in [-0.25, -0.2) is 4.98 Å². The maximum absolute atomic E-state index is 10.7. The Morgan fingerprint density at radius 2 is 1.50 bits per heavy atom. The molecule has 0 aliphatic heterocycles. The minimum atomic E-state index is 0. The van der Waals surface area contributed by atoms with E-state index >= 15 is 0 Å². The van der Waals surface area contributed by atoms with E-state index in [0.717, 1.165) is 54.2 Å². The molecule has 0 atom stereocenters. The summed E-state index contributed by atoms with van der Waals surface area (Å²) in [6, 6.07) is 43.8. The summed E-state index contributed by atoms with van der Waals surface area (Å²) in [6.45, 7) is 0. The van der Waals surface area contributed by atoms with Gasteiger partial charge in [-0.1, -0.05) is 89.5 Å². The number of pyridine rings is 2. The molecule has 40 heavy (non-hydrogen) atoms. The number of hydrogen-bond acceptors (Lipinski definition) is 4. The summed E-state index contributed by atoms with van der Waals surface area (Å²) in [4.78, 5) is 10.6. The van der Waals surface area contributed by atoms with Crippen molar-refractivity contribution in [1.29, 1.82) is 0 Å². The minimum absolute atomic E-state index is 0. The molecule has 0 bridgehead atoms. The summed E-state index contributed by atoms with van der Waals surface area (Å²) in [5.74, 6) is 0.211. The average Bonchev–Trinajstić information content (AvgIpc) is 3.32. The zero-order valence-corrected chi connectivity index (χ0v) is 24.2. The van der Waals surface area contributed by atoms with Gasteiger partial charge in [-0.05, 0) is 47.2 Å². The number of aromatic nitrogens is 3. The molecule has 0 aliphatic carbocycles. The smallest absolute Gasteiger partial charge is 0.139 e. The van der Waals surface area contributed by atoms with Crippen LogP contribution < -0.4 is 0 Å². The van der Waals surface area contributed by atoms with E-state index in [-0.39, 0.29) is 26.8 Å². The number of para-hydroxylation sites is 3. The predicted molar refractivity (Wildman–Crippen MR) is 158 cm³/mol. The fourth-order valence-electron chi connectivity index (χ4n) is 4.93. The van der Waals surface area contributed by atoms with Crippen molar-refractivity contribution in [1.82, 2.24) is 14.5 Å². The molecule has 7 aromatic rings. The van der Waals surface area contributed by atoms with Gasteiger partial charge in [0, 0.05) is 38.0 Å². The van der Waals surface area contributed by atoms with Gasteiger partial charge in [0.15, 0.2) is 0 Å². The van der Waals surface area contributed by atoms with Gasteiger partial charge < -0.3 is 5.11 Å². The van der Waals surface area contributed by atoms with Crippen molar-refractivity contribution in [2.24, 2.45) is 0 Å². The summed E-state index contributed by atoms with van der Waals surface area (Å²) >= 11 is 1.58. The third-order valence-corrected chi connectivity index (χ3v) is 7.64. The Balaban J connectivity index is 0.00000289. The van der Waals surface area contributed by atoms with Crippen LogP contribution in [0, 0.1) is 6.07 Å². The number of fused-ring (bicyclic) bond motifs is 3. The quantitative estimate of drug-likeness (QED) is 0.182. The van der Waals surface area contributed by atoms with Crippen LogP contribution in [0.25, 0.3) is 50.0 Å². The van der Waals surface area contributed by atoms with Gasteiger partial charge in [0.2, 0.25) is 0 Å². The molecule has 0 aliphatic rings. The van der Waals surface area contributed by atoms with Gasteiger partial charge in [0.1, 0.15) is 11.4 Å². The molecule has 3 heterocycles. The molecule has 196 valence electrons. The Hall–Kier alpha value is -4.18. The van der Waals surface area contributed by atoms with E-state index in [1.54, 1.807) is 17.8 Å². The SMILES string of the molecule is Oc1ccccc1-n1c2ccccc2c2ccc(-c3[c-]c(Sc4cc(-c5ccccc5)ccn4)ccc3)nc21.[Pt]. The van der Waals surface area contributed by atoms with Crippen molar-refractivity contribution < 1.29 is 26.2 Å².